The number of esters is 1. The van der Waals surface area contributed by atoms with E-state index in [0.717, 1.165) is 5.56 Å². The average Bonchev–Trinajstić information content (AvgIpc) is 3.27. The van der Waals surface area contributed by atoms with Crippen LogP contribution in [0.25, 0.3) is 11.5 Å². The molecular formula is C27H21NO6. The first-order valence-electron chi connectivity index (χ1n) is 10.8. The summed E-state index contributed by atoms with van der Waals surface area (Å²) in [6.45, 7) is 2.57. The smallest absolute Gasteiger partial charge is 0.339 e. The molecule has 0 saturated carbocycles. The summed E-state index contributed by atoms with van der Waals surface area (Å²) in [7, 11) is 0. The number of aromatic nitrogens is 1. The standard InChI is InChI=1S/C27H21NO6/c1-17-22(28-26(34-17)18-7-3-2-4-8-18)16-33-27(30)21-10-6-5-9-20(21)25(29)19-11-12-23-24(15-19)32-14-13-31-23/h2-12,15H,13-14,16H2,1H3. The van der Waals surface area contributed by atoms with E-state index in [1.165, 1.54) is 0 Å². The van der Waals surface area contributed by atoms with Crippen LogP contribution in [0.4, 0.5) is 0 Å². The highest BCUT2D eigenvalue weighted by molar-refractivity contribution is 6.14. The number of benzene rings is 3. The minimum Gasteiger partial charge on any atom is -0.486 e. The molecule has 7 heteroatoms. The van der Waals surface area contributed by atoms with Gasteiger partial charge in [-0.25, -0.2) is 9.78 Å². The Morgan fingerprint density at radius 2 is 1.59 bits per heavy atom. The Morgan fingerprint density at radius 3 is 2.38 bits per heavy atom. The molecule has 0 atom stereocenters. The third kappa shape index (κ3) is 4.28. The van der Waals surface area contributed by atoms with Crippen LogP contribution in [0.15, 0.2) is 77.2 Å². The van der Waals surface area contributed by atoms with E-state index in [1.807, 2.05) is 30.3 Å². The Kier molecular flexibility index (Phi) is 5.82. The van der Waals surface area contributed by atoms with Crippen LogP contribution in [-0.4, -0.2) is 30.0 Å². The Morgan fingerprint density at radius 1 is 0.882 bits per heavy atom. The van der Waals surface area contributed by atoms with Gasteiger partial charge >= 0.3 is 5.97 Å². The topological polar surface area (TPSA) is 87.9 Å². The maximum Gasteiger partial charge on any atom is 0.339 e. The summed E-state index contributed by atoms with van der Waals surface area (Å²) >= 11 is 0. The minimum atomic E-state index is -0.620. The molecule has 7 nitrogen and oxygen atoms in total. The number of ether oxygens (including phenoxy) is 3. The van der Waals surface area contributed by atoms with Gasteiger partial charge in [0.2, 0.25) is 5.89 Å². The first-order chi connectivity index (χ1) is 16.6. The summed E-state index contributed by atoms with van der Waals surface area (Å²) in [5, 5.41) is 0. The zero-order valence-electron chi connectivity index (χ0n) is 18.4. The largest absolute Gasteiger partial charge is 0.486 e. The number of oxazole rings is 1. The first kappa shape index (κ1) is 21.5. The molecule has 1 aromatic heterocycles. The van der Waals surface area contributed by atoms with E-state index >= 15 is 0 Å². The molecule has 5 rings (SSSR count). The van der Waals surface area contributed by atoms with Crippen molar-refractivity contribution in [2.45, 2.75) is 13.5 Å². The molecule has 3 aromatic carbocycles. The zero-order chi connectivity index (χ0) is 23.5. The van der Waals surface area contributed by atoms with Crippen molar-refractivity contribution in [1.82, 2.24) is 4.98 Å². The summed E-state index contributed by atoms with van der Waals surface area (Å²) in [5.41, 5.74) is 2.16. The van der Waals surface area contributed by atoms with Gasteiger partial charge in [-0.05, 0) is 43.3 Å². The van der Waals surface area contributed by atoms with Crippen molar-refractivity contribution in [3.8, 4) is 23.0 Å². The molecule has 0 amide bonds. The van der Waals surface area contributed by atoms with Gasteiger partial charge in [0.25, 0.3) is 0 Å². The lowest BCUT2D eigenvalue weighted by atomic mass is 9.98. The summed E-state index contributed by atoms with van der Waals surface area (Å²) < 4.78 is 22.3. The Hall–Kier alpha value is -4.39. The number of carbonyl (C=O) groups is 2. The second-order valence-corrected chi connectivity index (χ2v) is 7.70. The molecule has 0 radical (unpaired) electrons. The fourth-order valence-electron chi connectivity index (χ4n) is 3.68. The van der Waals surface area contributed by atoms with E-state index in [2.05, 4.69) is 4.98 Å². The fourth-order valence-corrected chi connectivity index (χ4v) is 3.68. The van der Waals surface area contributed by atoms with E-state index in [4.69, 9.17) is 18.6 Å². The molecule has 1 aliphatic rings. The van der Waals surface area contributed by atoms with E-state index in [-0.39, 0.29) is 23.5 Å². The molecule has 4 aromatic rings. The Balaban J connectivity index is 1.34. The third-order valence-electron chi connectivity index (χ3n) is 5.45. The first-order valence-corrected chi connectivity index (χ1v) is 10.8. The van der Waals surface area contributed by atoms with E-state index in [1.54, 1.807) is 49.4 Å². The van der Waals surface area contributed by atoms with Crippen LogP contribution >= 0.6 is 0 Å². The second-order valence-electron chi connectivity index (χ2n) is 7.70. The lowest BCUT2D eigenvalue weighted by Crippen LogP contribution is -2.16. The van der Waals surface area contributed by atoms with Crippen LogP contribution in [0.3, 0.4) is 0 Å². The molecule has 0 fully saturated rings. The van der Waals surface area contributed by atoms with Gasteiger partial charge in [-0.15, -0.1) is 0 Å². The van der Waals surface area contributed by atoms with Crippen LogP contribution in [0.2, 0.25) is 0 Å². The van der Waals surface area contributed by atoms with Gasteiger partial charge in [0.1, 0.15) is 31.3 Å². The Bertz CT molecular complexity index is 1360. The predicted octanol–water partition coefficient (Wildman–Crippen LogP) is 5.01. The van der Waals surface area contributed by atoms with Crippen molar-refractivity contribution in [2.75, 3.05) is 13.2 Å². The highest BCUT2D eigenvalue weighted by atomic mass is 16.6. The zero-order valence-corrected chi connectivity index (χ0v) is 18.4. The highest BCUT2D eigenvalue weighted by Crippen LogP contribution is 2.32. The summed E-state index contributed by atoms with van der Waals surface area (Å²) in [5.74, 6) is 1.19. The minimum absolute atomic E-state index is 0.0758. The quantitative estimate of drug-likeness (QED) is 0.298. The van der Waals surface area contributed by atoms with Gasteiger partial charge in [0.05, 0.1) is 5.56 Å². The summed E-state index contributed by atoms with van der Waals surface area (Å²) in [4.78, 5) is 30.6. The Labute approximate surface area is 195 Å². The molecule has 0 aliphatic carbocycles. The molecule has 34 heavy (non-hydrogen) atoms. The molecule has 0 spiro atoms. The van der Waals surface area contributed by atoms with Crippen LogP contribution < -0.4 is 9.47 Å². The summed E-state index contributed by atoms with van der Waals surface area (Å²) in [6.07, 6.45) is 0. The predicted molar refractivity (Wildman–Crippen MR) is 123 cm³/mol. The molecule has 0 N–H and O–H groups in total. The number of carbonyl (C=O) groups excluding carboxylic acids is 2. The van der Waals surface area contributed by atoms with Crippen LogP contribution in [0.1, 0.15) is 37.7 Å². The van der Waals surface area contributed by atoms with Crippen LogP contribution in [0.5, 0.6) is 11.5 Å². The van der Waals surface area contributed by atoms with Gasteiger partial charge in [0.15, 0.2) is 17.3 Å². The van der Waals surface area contributed by atoms with Crippen molar-refractivity contribution in [3.63, 3.8) is 0 Å². The number of fused-ring (bicyclic) bond motifs is 1. The number of hydrogen-bond acceptors (Lipinski definition) is 7. The third-order valence-corrected chi connectivity index (χ3v) is 5.45. The van der Waals surface area contributed by atoms with E-state index in [0.29, 0.717) is 47.6 Å². The van der Waals surface area contributed by atoms with Gasteiger partial charge in [-0.1, -0.05) is 36.4 Å². The number of nitrogens with zero attached hydrogens (tertiary/aromatic N) is 1. The van der Waals surface area contributed by atoms with Crippen molar-refractivity contribution < 1.29 is 28.2 Å². The number of ketones is 1. The molecule has 170 valence electrons. The molecular weight excluding hydrogens is 434 g/mol. The number of aryl methyl sites for hydroxylation is 1. The lowest BCUT2D eigenvalue weighted by molar-refractivity contribution is 0.0464. The molecule has 1 aliphatic heterocycles. The van der Waals surface area contributed by atoms with Crippen molar-refractivity contribution in [3.05, 3.63) is 101 Å². The highest BCUT2D eigenvalue weighted by Gasteiger charge is 2.22. The maximum absolute atomic E-state index is 13.2. The number of rotatable bonds is 6. The summed E-state index contributed by atoms with van der Waals surface area (Å²) in [6, 6.07) is 21.0. The van der Waals surface area contributed by atoms with Crippen LogP contribution in [-0.2, 0) is 11.3 Å². The van der Waals surface area contributed by atoms with Gasteiger partial charge in [-0.2, -0.15) is 0 Å². The fraction of sp³-hybridized carbons (Fsp3) is 0.148. The van der Waals surface area contributed by atoms with E-state index in [9.17, 15) is 9.59 Å². The van der Waals surface area contributed by atoms with Crippen molar-refractivity contribution >= 4 is 11.8 Å². The molecule has 0 saturated heterocycles. The van der Waals surface area contributed by atoms with Crippen molar-refractivity contribution in [2.24, 2.45) is 0 Å². The second kappa shape index (κ2) is 9.23. The van der Waals surface area contributed by atoms with Crippen molar-refractivity contribution in [1.29, 1.82) is 0 Å². The lowest BCUT2D eigenvalue weighted by Gasteiger charge is -2.18. The normalized spacial score (nSPS) is 12.3. The molecule has 0 bridgehead atoms. The molecule has 2 heterocycles. The van der Waals surface area contributed by atoms with E-state index < -0.39 is 5.97 Å². The van der Waals surface area contributed by atoms with Crippen LogP contribution in [0, 0.1) is 6.92 Å². The average molecular weight is 455 g/mol. The van der Waals surface area contributed by atoms with Gasteiger partial charge < -0.3 is 18.6 Å². The molecule has 0 unspecified atom stereocenters. The maximum atomic E-state index is 13.2. The monoisotopic (exact) mass is 455 g/mol. The van der Waals surface area contributed by atoms with Gasteiger partial charge in [-0.3, -0.25) is 4.79 Å². The number of hydrogen-bond donors (Lipinski definition) is 0. The van der Waals surface area contributed by atoms with Gasteiger partial charge in [0, 0.05) is 16.7 Å². The SMILES string of the molecule is Cc1oc(-c2ccccc2)nc1COC(=O)c1ccccc1C(=O)c1ccc2c(c1)OCCO2.